The maximum Gasteiger partial charge on any atom is 0.201 e. The Morgan fingerprint density at radius 3 is 2.95 bits per heavy atom. The summed E-state index contributed by atoms with van der Waals surface area (Å²) in [6.45, 7) is 6.72. The fourth-order valence-electron chi connectivity index (χ4n) is 2.98. The molecule has 114 valence electrons. The lowest BCUT2D eigenvalue weighted by Gasteiger charge is -2.29. The second-order valence-corrected chi connectivity index (χ2v) is 6.09. The van der Waals surface area contributed by atoms with E-state index in [-0.39, 0.29) is 5.82 Å². The van der Waals surface area contributed by atoms with Gasteiger partial charge in [0, 0.05) is 13.1 Å². The van der Waals surface area contributed by atoms with Crippen LogP contribution in [0.4, 0.5) is 10.3 Å². The largest absolute Gasteiger partial charge is 0.355 e. The number of H-pyrrole nitrogens is 1. The van der Waals surface area contributed by atoms with E-state index in [1.165, 1.54) is 44.5 Å². The molecule has 2 N–H and O–H groups in total. The predicted molar refractivity (Wildman–Crippen MR) is 84.0 cm³/mol. The number of nitrogens with zero attached hydrogens (tertiary/aromatic N) is 2. The smallest absolute Gasteiger partial charge is 0.201 e. The zero-order valence-corrected chi connectivity index (χ0v) is 12.5. The van der Waals surface area contributed by atoms with Gasteiger partial charge in [0.15, 0.2) is 0 Å². The van der Waals surface area contributed by atoms with Gasteiger partial charge < -0.3 is 15.2 Å². The monoisotopic (exact) mass is 290 g/mol. The molecule has 1 saturated heterocycles. The highest BCUT2D eigenvalue weighted by Gasteiger charge is 2.13. The highest BCUT2D eigenvalue weighted by Crippen LogP contribution is 2.16. The zero-order chi connectivity index (χ0) is 14.7. The summed E-state index contributed by atoms with van der Waals surface area (Å²) in [4.78, 5) is 10.1. The van der Waals surface area contributed by atoms with Gasteiger partial charge >= 0.3 is 0 Å². The van der Waals surface area contributed by atoms with Gasteiger partial charge in [-0.15, -0.1) is 0 Å². The number of benzene rings is 1. The summed E-state index contributed by atoms with van der Waals surface area (Å²) in [7, 11) is 0. The summed E-state index contributed by atoms with van der Waals surface area (Å²) in [5, 5.41) is 3.33. The summed E-state index contributed by atoms with van der Waals surface area (Å²) >= 11 is 0. The number of hydrogen-bond acceptors (Lipinski definition) is 3. The van der Waals surface area contributed by atoms with Gasteiger partial charge in [0.05, 0.1) is 11.0 Å². The lowest BCUT2D eigenvalue weighted by atomic mass is 10.1. The molecule has 0 amide bonds. The van der Waals surface area contributed by atoms with E-state index in [0.29, 0.717) is 5.92 Å². The molecule has 1 atom stereocenters. The molecular formula is C16H23FN4. The molecule has 0 saturated carbocycles. The summed E-state index contributed by atoms with van der Waals surface area (Å²) in [6, 6.07) is 4.61. The number of piperidine rings is 1. The van der Waals surface area contributed by atoms with Crippen LogP contribution in [0.15, 0.2) is 18.2 Å². The zero-order valence-electron chi connectivity index (χ0n) is 12.5. The van der Waals surface area contributed by atoms with Crippen molar-refractivity contribution >= 4 is 17.0 Å². The second-order valence-electron chi connectivity index (χ2n) is 6.09. The lowest BCUT2D eigenvalue weighted by Crippen LogP contribution is -2.35. The average Bonchev–Trinajstić information content (AvgIpc) is 2.88. The fraction of sp³-hybridized carbons (Fsp3) is 0.562. The number of rotatable bonds is 5. The number of nitrogens with one attached hydrogen (secondary N) is 2. The lowest BCUT2D eigenvalue weighted by molar-refractivity contribution is 0.204. The van der Waals surface area contributed by atoms with Crippen LogP contribution in [0.25, 0.3) is 11.0 Å². The number of aromatic amines is 1. The molecule has 5 heteroatoms. The average molecular weight is 290 g/mol. The highest BCUT2D eigenvalue weighted by molar-refractivity contribution is 5.77. The van der Waals surface area contributed by atoms with Crippen molar-refractivity contribution in [2.45, 2.75) is 26.2 Å². The van der Waals surface area contributed by atoms with Crippen molar-refractivity contribution < 1.29 is 4.39 Å². The molecule has 21 heavy (non-hydrogen) atoms. The topological polar surface area (TPSA) is 44.0 Å². The molecule has 0 spiro atoms. The van der Waals surface area contributed by atoms with E-state index in [0.717, 1.165) is 30.1 Å². The summed E-state index contributed by atoms with van der Waals surface area (Å²) in [5.74, 6) is 1.05. The van der Waals surface area contributed by atoms with Crippen LogP contribution in [0, 0.1) is 11.7 Å². The SMILES string of the molecule is CC(CNc1nc2ccc(F)cc2[nH]1)CN1CCCCC1. The first-order valence-electron chi connectivity index (χ1n) is 7.82. The van der Waals surface area contributed by atoms with Gasteiger partial charge in [-0.25, -0.2) is 9.37 Å². The van der Waals surface area contributed by atoms with Crippen molar-refractivity contribution in [1.29, 1.82) is 0 Å². The van der Waals surface area contributed by atoms with Gasteiger partial charge in [-0.3, -0.25) is 0 Å². The van der Waals surface area contributed by atoms with Gasteiger partial charge in [-0.2, -0.15) is 0 Å². The van der Waals surface area contributed by atoms with Crippen molar-refractivity contribution in [3.05, 3.63) is 24.0 Å². The Hall–Kier alpha value is -1.62. The first kappa shape index (κ1) is 14.3. The first-order chi connectivity index (χ1) is 10.2. The van der Waals surface area contributed by atoms with Crippen LogP contribution in [0.1, 0.15) is 26.2 Å². The van der Waals surface area contributed by atoms with Crippen molar-refractivity contribution in [3.63, 3.8) is 0 Å². The van der Waals surface area contributed by atoms with Gasteiger partial charge in [-0.1, -0.05) is 13.3 Å². The molecule has 1 aliphatic rings. The second kappa shape index (κ2) is 6.43. The molecule has 0 bridgehead atoms. The molecule has 2 heterocycles. The number of aromatic nitrogens is 2. The molecule has 1 aliphatic heterocycles. The van der Waals surface area contributed by atoms with E-state index in [2.05, 4.69) is 27.1 Å². The number of halogens is 1. The Labute approximate surface area is 124 Å². The van der Waals surface area contributed by atoms with E-state index in [1.807, 2.05) is 0 Å². The minimum Gasteiger partial charge on any atom is -0.355 e. The Morgan fingerprint density at radius 2 is 2.14 bits per heavy atom. The molecule has 4 nitrogen and oxygen atoms in total. The van der Waals surface area contributed by atoms with E-state index < -0.39 is 0 Å². The van der Waals surface area contributed by atoms with Gasteiger partial charge in [0.25, 0.3) is 0 Å². The standard InChI is InChI=1S/C16H23FN4/c1-12(11-21-7-3-2-4-8-21)10-18-16-19-14-6-5-13(17)9-15(14)20-16/h5-6,9,12H,2-4,7-8,10-11H2,1H3,(H2,18,19,20). The Balaban J connectivity index is 1.53. The molecule has 3 rings (SSSR count). The number of likely N-dealkylation sites (tertiary alicyclic amines) is 1. The Kier molecular flexibility index (Phi) is 4.39. The third kappa shape index (κ3) is 3.73. The summed E-state index contributed by atoms with van der Waals surface area (Å²) in [6.07, 6.45) is 4.03. The molecule has 0 aliphatic carbocycles. The van der Waals surface area contributed by atoms with Crippen molar-refractivity contribution in [1.82, 2.24) is 14.9 Å². The van der Waals surface area contributed by atoms with E-state index in [9.17, 15) is 4.39 Å². The summed E-state index contributed by atoms with van der Waals surface area (Å²) < 4.78 is 13.1. The van der Waals surface area contributed by atoms with Crippen LogP contribution in [0.5, 0.6) is 0 Å². The molecular weight excluding hydrogens is 267 g/mol. The third-order valence-corrected chi connectivity index (χ3v) is 4.08. The number of imidazole rings is 1. The molecule has 1 unspecified atom stereocenters. The molecule has 0 radical (unpaired) electrons. The first-order valence-corrected chi connectivity index (χ1v) is 7.82. The van der Waals surface area contributed by atoms with E-state index >= 15 is 0 Å². The third-order valence-electron chi connectivity index (χ3n) is 4.08. The number of hydrogen-bond donors (Lipinski definition) is 2. The van der Waals surface area contributed by atoms with Crippen molar-refractivity contribution in [3.8, 4) is 0 Å². The maximum absolute atomic E-state index is 13.1. The molecule has 1 fully saturated rings. The Bertz CT molecular complexity index is 589. The van der Waals surface area contributed by atoms with Crippen molar-refractivity contribution in [2.75, 3.05) is 31.5 Å². The van der Waals surface area contributed by atoms with Crippen LogP contribution in [0.2, 0.25) is 0 Å². The van der Waals surface area contributed by atoms with Gasteiger partial charge in [0.2, 0.25) is 5.95 Å². The van der Waals surface area contributed by atoms with Gasteiger partial charge in [-0.05, 0) is 50.0 Å². The highest BCUT2D eigenvalue weighted by atomic mass is 19.1. The van der Waals surface area contributed by atoms with E-state index in [1.54, 1.807) is 6.07 Å². The van der Waals surface area contributed by atoms with Crippen LogP contribution >= 0.6 is 0 Å². The molecule has 1 aromatic heterocycles. The normalized spacial score (nSPS) is 18.0. The number of anilines is 1. The fourth-order valence-corrected chi connectivity index (χ4v) is 2.98. The van der Waals surface area contributed by atoms with Crippen LogP contribution < -0.4 is 5.32 Å². The minimum absolute atomic E-state index is 0.240. The van der Waals surface area contributed by atoms with Crippen LogP contribution in [-0.2, 0) is 0 Å². The maximum atomic E-state index is 13.1. The Morgan fingerprint density at radius 1 is 1.33 bits per heavy atom. The number of fused-ring (bicyclic) bond motifs is 1. The van der Waals surface area contributed by atoms with Gasteiger partial charge in [0.1, 0.15) is 5.82 Å². The van der Waals surface area contributed by atoms with E-state index in [4.69, 9.17) is 0 Å². The van der Waals surface area contributed by atoms with Crippen molar-refractivity contribution in [2.24, 2.45) is 5.92 Å². The predicted octanol–water partition coefficient (Wildman–Crippen LogP) is 3.24. The quantitative estimate of drug-likeness (QED) is 0.888. The summed E-state index contributed by atoms with van der Waals surface area (Å²) in [5.41, 5.74) is 1.53. The molecule has 2 aromatic rings. The molecule has 1 aromatic carbocycles. The minimum atomic E-state index is -0.240. The van der Waals surface area contributed by atoms with Crippen LogP contribution in [-0.4, -0.2) is 41.0 Å². The van der Waals surface area contributed by atoms with Crippen LogP contribution in [0.3, 0.4) is 0 Å².